The maximum Gasteiger partial charge on any atom is 0.259 e. The minimum atomic E-state index is -0.00634. The molecule has 5 nitrogen and oxygen atoms in total. The Hall–Kier alpha value is -5.68. The highest BCUT2D eigenvalue weighted by atomic mass is 16.5. The van der Waals surface area contributed by atoms with Gasteiger partial charge in [-0.15, -0.1) is 0 Å². The van der Waals surface area contributed by atoms with Gasteiger partial charge in [-0.3, -0.25) is 9.59 Å². The van der Waals surface area contributed by atoms with Crippen molar-refractivity contribution in [2.24, 2.45) is 0 Å². The average molecular weight is 664 g/mol. The number of aromatic nitrogens is 1. The van der Waals surface area contributed by atoms with E-state index in [2.05, 4.69) is 61.5 Å². The first kappa shape index (κ1) is 28.1. The van der Waals surface area contributed by atoms with Crippen LogP contribution in [0.25, 0.3) is 86.3 Å². The summed E-state index contributed by atoms with van der Waals surface area (Å²) in [6.07, 6.45) is 5.97. The SMILES string of the molecule is CCCCCCOc1ccc(Cn2c(=O)c3c4c5c6cc7ccc(cc8c(=O)c9c(cc%10ccc%11cc(c5c5c%11c%10c9c35)C6)C8)c2c74)cc1OC. The minimum absolute atomic E-state index is 0.00634. The number of hydrogen-bond donors (Lipinski definition) is 0. The molecule has 0 radical (unpaired) electrons. The summed E-state index contributed by atoms with van der Waals surface area (Å²) < 4.78 is 14.0. The van der Waals surface area contributed by atoms with Crippen molar-refractivity contribution in [1.82, 2.24) is 4.57 Å². The number of rotatable bonds is 9. The zero-order valence-corrected chi connectivity index (χ0v) is 28.6. The molecule has 0 N–H and O–H groups in total. The van der Waals surface area contributed by atoms with E-state index in [1.807, 2.05) is 16.7 Å². The molecule has 0 aliphatic heterocycles. The van der Waals surface area contributed by atoms with Gasteiger partial charge < -0.3 is 14.0 Å². The molecule has 0 spiro atoms. The number of fused-ring (bicyclic) bond motifs is 1. The monoisotopic (exact) mass is 663 g/mol. The summed E-state index contributed by atoms with van der Waals surface area (Å²) in [5.74, 6) is 1.39. The van der Waals surface area contributed by atoms with Gasteiger partial charge in [0.05, 0.1) is 31.2 Å². The largest absolute Gasteiger partial charge is 0.493 e. The molecular weight excluding hydrogens is 631 g/mol. The van der Waals surface area contributed by atoms with Crippen LogP contribution in [0, 0.1) is 0 Å². The molecule has 8 bridgehead atoms. The van der Waals surface area contributed by atoms with E-state index in [4.69, 9.17) is 9.47 Å². The summed E-state index contributed by atoms with van der Waals surface area (Å²) in [6, 6.07) is 23.8. The van der Waals surface area contributed by atoms with Crippen molar-refractivity contribution in [1.29, 1.82) is 0 Å². The Balaban J connectivity index is 1.24. The summed E-state index contributed by atoms with van der Waals surface area (Å²) in [4.78, 5) is 30.2. The number of pyridine rings is 1. The second kappa shape index (κ2) is 9.55. The molecule has 0 unspecified atom stereocenters. The molecule has 51 heavy (non-hydrogen) atoms. The van der Waals surface area contributed by atoms with E-state index in [1.165, 1.54) is 45.5 Å². The standard InChI is InChI=1S/C46H33NO4/c1-3-4-5-6-13-51-31-12-7-22(14-32(31)50-2)21-47-44-26-11-10-25-17-28-19-27-15-23-8-9-24-16-29-20-30(18-26)45(48)38(29)41-34(24)33(23)39-35(27)36(28)40(37(25)44)43(42(39)41)46(47)49/h7-12,14-18H,3-6,13,19-21H2,1-2H3. The van der Waals surface area contributed by atoms with Gasteiger partial charge in [0, 0.05) is 38.9 Å². The molecule has 5 heteroatoms. The van der Waals surface area contributed by atoms with Gasteiger partial charge in [-0.1, -0.05) is 74.7 Å². The Morgan fingerprint density at radius 1 is 0.569 bits per heavy atom. The Bertz CT molecular complexity index is 3260. The first-order valence-electron chi connectivity index (χ1n) is 18.4. The molecule has 0 fully saturated rings. The lowest BCUT2D eigenvalue weighted by atomic mass is 9.89. The van der Waals surface area contributed by atoms with E-state index >= 15 is 4.79 Å². The summed E-state index contributed by atoms with van der Waals surface area (Å²) in [7, 11) is 1.67. The number of unbranched alkanes of at least 4 members (excludes halogenated alkanes) is 3. The van der Waals surface area contributed by atoms with Crippen LogP contribution in [0.2, 0.25) is 0 Å². The Morgan fingerprint density at radius 2 is 1.18 bits per heavy atom. The van der Waals surface area contributed by atoms with Crippen LogP contribution in [0.4, 0.5) is 0 Å². The van der Waals surface area contributed by atoms with Crippen LogP contribution in [0.5, 0.6) is 11.5 Å². The normalized spacial score (nSPS) is 13.8. The first-order chi connectivity index (χ1) is 25.0. The minimum Gasteiger partial charge on any atom is -0.493 e. The van der Waals surface area contributed by atoms with Crippen molar-refractivity contribution in [2.45, 2.75) is 52.0 Å². The highest BCUT2D eigenvalue weighted by Gasteiger charge is 2.33. The van der Waals surface area contributed by atoms with E-state index in [-0.39, 0.29) is 11.0 Å². The summed E-state index contributed by atoms with van der Waals surface area (Å²) in [5.41, 5.74) is 6.39. The zero-order chi connectivity index (χ0) is 33.9. The topological polar surface area (TPSA) is 57.5 Å². The Kier molecular flexibility index (Phi) is 5.26. The van der Waals surface area contributed by atoms with E-state index in [0.717, 1.165) is 106 Å². The van der Waals surface area contributed by atoms with Crippen LogP contribution in [-0.4, -0.2) is 18.3 Å². The van der Waals surface area contributed by atoms with E-state index in [1.54, 1.807) is 7.11 Å². The third-order valence-corrected chi connectivity index (χ3v) is 12.4. The molecule has 246 valence electrons. The maximum atomic E-state index is 15.6. The maximum absolute atomic E-state index is 15.6. The average Bonchev–Trinajstić information content (AvgIpc) is 3.78. The van der Waals surface area contributed by atoms with Gasteiger partial charge in [-0.25, -0.2) is 0 Å². The number of benzene rings is 7. The molecule has 0 amide bonds. The lowest BCUT2D eigenvalue weighted by molar-refractivity contribution is 0.285. The molecular formula is C46H33NO4. The van der Waals surface area contributed by atoms with Crippen LogP contribution in [0.15, 0.2) is 76.3 Å². The predicted octanol–water partition coefficient (Wildman–Crippen LogP) is 10.0. The summed E-state index contributed by atoms with van der Waals surface area (Å²) >= 11 is 0. The molecule has 13 rings (SSSR count). The molecule has 9 aromatic carbocycles. The van der Waals surface area contributed by atoms with Gasteiger partial charge in [0.2, 0.25) is 0 Å². The van der Waals surface area contributed by atoms with E-state index in [9.17, 15) is 4.79 Å². The summed E-state index contributed by atoms with van der Waals surface area (Å²) in [5, 5.41) is 16.0. The van der Waals surface area contributed by atoms with Crippen LogP contribution in [0.1, 0.15) is 60.4 Å². The molecule has 0 atom stereocenters. The first-order valence-corrected chi connectivity index (χ1v) is 18.4. The Labute approximate surface area is 291 Å². The predicted molar refractivity (Wildman–Crippen MR) is 209 cm³/mol. The van der Waals surface area contributed by atoms with Crippen LogP contribution >= 0.6 is 0 Å². The van der Waals surface area contributed by atoms with E-state index in [0.29, 0.717) is 25.3 Å². The fourth-order valence-corrected chi connectivity index (χ4v) is 10.3. The van der Waals surface area contributed by atoms with Crippen molar-refractivity contribution in [2.75, 3.05) is 13.7 Å². The van der Waals surface area contributed by atoms with Gasteiger partial charge in [0.15, 0.2) is 16.9 Å². The summed E-state index contributed by atoms with van der Waals surface area (Å²) in [6.45, 7) is 3.22. The quantitative estimate of drug-likeness (QED) is 0.0876. The molecule has 2 heterocycles. The molecule has 2 aromatic heterocycles. The third kappa shape index (κ3) is 3.33. The lowest BCUT2D eigenvalue weighted by Gasteiger charge is -2.20. The van der Waals surface area contributed by atoms with Crippen molar-refractivity contribution in [3.05, 3.63) is 115 Å². The lowest BCUT2D eigenvalue weighted by Crippen LogP contribution is -2.22. The number of hydrogen-bond acceptors (Lipinski definition) is 4. The highest BCUT2D eigenvalue weighted by molar-refractivity contribution is 6.51. The van der Waals surface area contributed by atoms with Gasteiger partial charge in [0.1, 0.15) is 0 Å². The van der Waals surface area contributed by atoms with Gasteiger partial charge in [-0.2, -0.15) is 0 Å². The van der Waals surface area contributed by atoms with Crippen molar-refractivity contribution < 1.29 is 9.47 Å². The molecule has 11 aromatic rings. The second-order valence-corrected chi connectivity index (χ2v) is 15.1. The number of methoxy groups -OCH3 is 1. The highest BCUT2D eigenvalue weighted by Crippen LogP contribution is 2.55. The smallest absolute Gasteiger partial charge is 0.259 e. The molecule has 0 saturated carbocycles. The van der Waals surface area contributed by atoms with Gasteiger partial charge >= 0.3 is 0 Å². The number of nitrogens with zero attached hydrogens (tertiary/aromatic N) is 1. The molecule has 0 saturated heterocycles. The molecule has 2 aliphatic carbocycles. The molecule has 2 aliphatic rings. The van der Waals surface area contributed by atoms with Crippen molar-refractivity contribution in [3.8, 4) is 11.5 Å². The number of ether oxygens (including phenoxy) is 2. The Morgan fingerprint density at radius 3 is 1.90 bits per heavy atom. The third-order valence-electron chi connectivity index (χ3n) is 12.4. The fourth-order valence-electron chi connectivity index (χ4n) is 10.3. The van der Waals surface area contributed by atoms with Crippen LogP contribution < -0.4 is 20.5 Å². The van der Waals surface area contributed by atoms with Crippen LogP contribution in [0.3, 0.4) is 0 Å². The van der Waals surface area contributed by atoms with Crippen molar-refractivity contribution >= 4 is 86.3 Å². The van der Waals surface area contributed by atoms with Gasteiger partial charge in [-0.05, 0) is 102 Å². The van der Waals surface area contributed by atoms with Crippen LogP contribution in [-0.2, 0) is 19.4 Å². The van der Waals surface area contributed by atoms with Gasteiger partial charge in [0.25, 0.3) is 5.56 Å². The van der Waals surface area contributed by atoms with E-state index < -0.39 is 0 Å². The van der Waals surface area contributed by atoms with Crippen molar-refractivity contribution in [3.63, 3.8) is 0 Å². The second-order valence-electron chi connectivity index (χ2n) is 15.1. The zero-order valence-electron chi connectivity index (χ0n) is 28.6. The fraction of sp³-hybridized carbons (Fsp3) is 0.217.